The standard InChI is InChI=1S/C21H22N2O5S/c1-21(2,20(24)25)28-19-6-3-5-18-17(19)11-13-22(18)12-4-14-29-16-9-7-15(8-10-16)23(26)27/h3,5-11,13H,4,12,14H2,1-2H3,(H,24,25). The van der Waals surface area contributed by atoms with Gasteiger partial charge in [-0.05, 0) is 56.4 Å². The number of nitrogens with zero attached hydrogens (tertiary/aromatic N) is 2. The Morgan fingerprint density at radius 2 is 1.93 bits per heavy atom. The summed E-state index contributed by atoms with van der Waals surface area (Å²) in [4.78, 5) is 22.6. The van der Waals surface area contributed by atoms with E-state index >= 15 is 0 Å². The second kappa shape index (κ2) is 8.57. The second-order valence-electron chi connectivity index (χ2n) is 7.07. The van der Waals surface area contributed by atoms with Crippen molar-refractivity contribution in [1.82, 2.24) is 4.57 Å². The van der Waals surface area contributed by atoms with Gasteiger partial charge >= 0.3 is 5.97 Å². The van der Waals surface area contributed by atoms with Crippen LogP contribution in [-0.2, 0) is 11.3 Å². The van der Waals surface area contributed by atoms with Gasteiger partial charge in [-0.1, -0.05) is 6.07 Å². The average molecular weight is 414 g/mol. The van der Waals surface area contributed by atoms with Crippen molar-refractivity contribution in [3.63, 3.8) is 0 Å². The smallest absolute Gasteiger partial charge is 0.347 e. The van der Waals surface area contributed by atoms with E-state index in [4.69, 9.17) is 4.74 Å². The van der Waals surface area contributed by atoms with Gasteiger partial charge in [0.15, 0.2) is 5.60 Å². The number of non-ortho nitro benzene ring substituents is 1. The lowest BCUT2D eigenvalue weighted by atomic mass is 10.1. The van der Waals surface area contributed by atoms with Crippen LogP contribution in [0.5, 0.6) is 5.75 Å². The van der Waals surface area contributed by atoms with Gasteiger partial charge in [0.25, 0.3) is 5.69 Å². The van der Waals surface area contributed by atoms with Crippen LogP contribution in [0, 0.1) is 10.1 Å². The molecule has 7 nitrogen and oxygen atoms in total. The lowest BCUT2D eigenvalue weighted by Gasteiger charge is -2.22. The van der Waals surface area contributed by atoms with Crippen molar-refractivity contribution >= 4 is 34.3 Å². The predicted molar refractivity (Wildman–Crippen MR) is 113 cm³/mol. The van der Waals surface area contributed by atoms with Crippen LogP contribution in [0.15, 0.2) is 59.6 Å². The van der Waals surface area contributed by atoms with E-state index in [9.17, 15) is 20.0 Å². The zero-order valence-corrected chi connectivity index (χ0v) is 17.0. The first kappa shape index (κ1) is 20.7. The SMILES string of the molecule is CC(C)(Oc1cccc2c1ccn2CCCSc1ccc([N+](=O)[O-])cc1)C(=O)O. The Labute approximate surface area is 172 Å². The Hall–Kier alpha value is -3.00. The first-order chi connectivity index (χ1) is 13.8. The van der Waals surface area contributed by atoms with Crippen molar-refractivity contribution in [1.29, 1.82) is 0 Å². The second-order valence-corrected chi connectivity index (χ2v) is 8.24. The Kier molecular flexibility index (Phi) is 6.12. The number of carboxylic acids is 1. The minimum Gasteiger partial charge on any atom is -0.478 e. The molecule has 0 atom stereocenters. The molecule has 0 aliphatic rings. The van der Waals surface area contributed by atoms with Crippen molar-refractivity contribution in [2.24, 2.45) is 0 Å². The largest absolute Gasteiger partial charge is 0.478 e. The van der Waals surface area contributed by atoms with Crippen LogP contribution in [-0.4, -0.2) is 31.9 Å². The van der Waals surface area contributed by atoms with Gasteiger partial charge in [0.1, 0.15) is 5.75 Å². The molecule has 3 rings (SSSR count). The highest BCUT2D eigenvalue weighted by Gasteiger charge is 2.30. The molecule has 0 saturated heterocycles. The lowest BCUT2D eigenvalue weighted by molar-refractivity contribution is -0.384. The monoisotopic (exact) mass is 414 g/mol. The van der Waals surface area contributed by atoms with E-state index in [1.54, 1.807) is 30.0 Å². The molecule has 0 spiro atoms. The molecule has 1 N–H and O–H groups in total. The van der Waals surface area contributed by atoms with Crippen molar-refractivity contribution in [2.75, 3.05) is 5.75 Å². The number of aryl methyl sites for hydroxylation is 1. The minimum absolute atomic E-state index is 0.0947. The van der Waals surface area contributed by atoms with E-state index in [0.717, 1.165) is 34.5 Å². The maximum Gasteiger partial charge on any atom is 0.347 e. The fourth-order valence-electron chi connectivity index (χ4n) is 2.89. The number of rotatable bonds is 9. The summed E-state index contributed by atoms with van der Waals surface area (Å²) in [5.74, 6) is 0.408. The fraction of sp³-hybridized carbons (Fsp3) is 0.286. The summed E-state index contributed by atoms with van der Waals surface area (Å²) in [6, 6.07) is 14.1. The topological polar surface area (TPSA) is 94.6 Å². The molecule has 8 heteroatoms. The third kappa shape index (κ3) is 4.89. The molecule has 0 fully saturated rings. The number of fused-ring (bicyclic) bond motifs is 1. The molecular formula is C21H22N2O5S. The van der Waals surface area contributed by atoms with Crippen LogP contribution in [0.2, 0.25) is 0 Å². The van der Waals surface area contributed by atoms with E-state index in [-0.39, 0.29) is 5.69 Å². The number of benzene rings is 2. The molecule has 29 heavy (non-hydrogen) atoms. The molecule has 2 aromatic carbocycles. The summed E-state index contributed by atoms with van der Waals surface area (Å²) in [6.45, 7) is 3.86. The zero-order valence-electron chi connectivity index (χ0n) is 16.2. The highest BCUT2D eigenvalue weighted by atomic mass is 32.2. The van der Waals surface area contributed by atoms with Crippen molar-refractivity contribution in [3.8, 4) is 5.75 Å². The number of hydrogen-bond donors (Lipinski definition) is 1. The molecule has 0 aliphatic carbocycles. The Bertz CT molecular complexity index is 1030. The maximum atomic E-state index is 11.3. The summed E-state index contributed by atoms with van der Waals surface area (Å²) < 4.78 is 7.85. The molecule has 0 aliphatic heterocycles. The van der Waals surface area contributed by atoms with Crippen LogP contribution in [0.4, 0.5) is 5.69 Å². The first-order valence-electron chi connectivity index (χ1n) is 9.15. The summed E-state index contributed by atoms with van der Waals surface area (Å²) >= 11 is 1.66. The van der Waals surface area contributed by atoms with Gasteiger partial charge in [0.2, 0.25) is 0 Å². The van der Waals surface area contributed by atoms with E-state index in [0.29, 0.717) is 5.75 Å². The summed E-state index contributed by atoms with van der Waals surface area (Å²) in [5, 5.41) is 20.9. The van der Waals surface area contributed by atoms with Gasteiger partial charge in [-0.3, -0.25) is 10.1 Å². The molecule has 0 unspecified atom stereocenters. The third-order valence-corrected chi connectivity index (χ3v) is 5.61. The number of carboxylic acid groups (broad SMARTS) is 1. The van der Waals surface area contributed by atoms with E-state index in [1.807, 2.05) is 24.4 Å². The molecule has 1 aromatic heterocycles. The Morgan fingerprint density at radius 1 is 1.21 bits per heavy atom. The molecule has 3 aromatic rings. The summed E-state index contributed by atoms with van der Waals surface area (Å²) in [7, 11) is 0. The fourth-order valence-corrected chi connectivity index (χ4v) is 3.72. The molecule has 0 bridgehead atoms. The quantitative estimate of drug-likeness (QED) is 0.230. The number of carbonyl (C=O) groups is 1. The number of hydrogen-bond acceptors (Lipinski definition) is 5. The van der Waals surface area contributed by atoms with Gasteiger partial charge in [-0.15, -0.1) is 11.8 Å². The van der Waals surface area contributed by atoms with E-state index < -0.39 is 16.5 Å². The zero-order chi connectivity index (χ0) is 21.0. The highest BCUT2D eigenvalue weighted by Crippen LogP contribution is 2.30. The first-order valence-corrected chi connectivity index (χ1v) is 10.1. The molecule has 0 saturated carbocycles. The minimum atomic E-state index is -1.31. The highest BCUT2D eigenvalue weighted by molar-refractivity contribution is 7.99. The number of aliphatic carboxylic acids is 1. The van der Waals surface area contributed by atoms with Crippen LogP contribution in [0.1, 0.15) is 20.3 Å². The van der Waals surface area contributed by atoms with Gasteiger partial charge in [-0.2, -0.15) is 0 Å². The number of ether oxygens (including phenoxy) is 1. The summed E-state index contributed by atoms with van der Waals surface area (Å²) in [6.07, 6.45) is 2.89. The normalized spacial score (nSPS) is 11.5. The molecule has 1 heterocycles. The van der Waals surface area contributed by atoms with E-state index in [1.165, 1.54) is 26.0 Å². The number of thioether (sulfide) groups is 1. The Morgan fingerprint density at radius 3 is 2.59 bits per heavy atom. The van der Waals surface area contributed by atoms with Crippen molar-refractivity contribution in [2.45, 2.75) is 37.3 Å². The van der Waals surface area contributed by atoms with Crippen LogP contribution >= 0.6 is 11.8 Å². The number of nitro benzene ring substituents is 1. The Balaban J connectivity index is 1.62. The maximum absolute atomic E-state index is 11.3. The van der Waals surface area contributed by atoms with Gasteiger partial charge in [0.05, 0.1) is 10.4 Å². The van der Waals surface area contributed by atoms with Crippen molar-refractivity contribution in [3.05, 3.63) is 64.8 Å². The molecular weight excluding hydrogens is 392 g/mol. The summed E-state index contributed by atoms with van der Waals surface area (Å²) in [5.41, 5.74) is -0.223. The van der Waals surface area contributed by atoms with Crippen LogP contribution < -0.4 is 4.74 Å². The average Bonchev–Trinajstić information content (AvgIpc) is 3.09. The van der Waals surface area contributed by atoms with Crippen LogP contribution in [0.3, 0.4) is 0 Å². The number of nitro groups is 1. The third-order valence-electron chi connectivity index (χ3n) is 4.51. The lowest BCUT2D eigenvalue weighted by Crippen LogP contribution is -2.37. The molecule has 0 amide bonds. The molecule has 152 valence electrons. The number of aromatic nitrogens is 1. The molecule has 0 radical (unpaired) electrons. The predicted octanol–water partition coefficient (Wildman–Crippen LogP) is 4.97. The van der Waals surface area contributed by atoms with Crippen LogP contribution in [0.25, 0.3) is 10.9 Å². The van der Waals surface area contributed by atoms with Gasteiger partial charge < -0.3 is 14.4 Å². The van der Waals surface area contributed by atoms with Gasteiger partial charge in [-0.25, -0.2) is 4.79 Å². The van der Waals surface area contributed by atoms with Gasteiger partial charge in [0, 0.05) is 35.2 Å². The van der Waals surface area contributed by atoms with Crippen molar-refractivity contribution < 1.29 is 19.6 Å². The van der Waals surface area contributed by atoms with E-state index in [2.05, 4.69) is 4.57 Å².